The van der Waals surface area contributed by atoms with Gasteiger partial charge in [-0.15, -0.1) is 0 Å². The molecule has 1 aliphatic carbocycles. The third-order valence-electron chi connectivity index (χ3n) is 5.70. The number of likely N-dealkylation sites (tertiary alicyclic amines) is 1. The number of rotatable bonds is 3. The van der Waals surface area contributed by atoms with Gasteiger partial charge in [0.25, 0.3) is 5.91 Å². The van der Waals surface area contributed by atoms with Gasteiger partial charge in [0, 0.05) is 24.2 Å². The molecule has 0 spiro atoms. The van der Waals surface area contributed by atoms with Gasteiger partial charge in [-0.05, 0) is 49.4 Å². The van der Waals surface area contributed by atoms with Crippen molar-refractivity contribution in [3.8, 4) is 0 Å². The molecule has 0 radical (unpaired) electrons. The first-order valence-electron chi connectivity index (χ1n) is 9.85. The third-order valence-corrected chi connectivity index (χ3v) is 5.70. The number of fused-ring (bicyclic) bond motifs is 1. The number of nitrogens with zero attached hydrogens (tertiary/aromatic N) is 4. The van der Waals surface area contributed by atoms with Gasteiger partial charge >= 0.3 is 6.18 Å². The van der Waals surface area contributed by atoms with Gasteiger partial charge in [-0.1, -0.05) is 12.1 Å². The lowest BCUT2D eigenvalue weighted by atomic mass is 10.0. The average molecular weight is 418 g/mol. The molecule has 3 aromatic rings. The van der Waals surface area contributed by atoms with Gasteiger partial charge in [0.1, 0.15) is 11.5 Å². The molecular formula is C21H18F4N4O. The summed E-state index contributed by atoms with van der Waals surface area (Å²) >= 11 is 0. The minimum atomic E-state index is -4.62. The molecule has 0 N–H and O–H groups in total. The van der Waals surface area contributed by atoms with Gasteiger partial charge in [-0.25, -0.2) is 13.9 Å². The maximum atomic E-state index is 13.6. The third kappa shape index (κ3) is 3.32. The number of aromatic nitrogens is 3. The maximum absolute atomic E-state index is 13.6. The summed E-state index contributed by atoms with van der Waals surface area (Å²) in [5, 5.41) is 3.96. The van der Waals surface area contributed by atoms with Gasteiger partial charge in [0.2, 0.25) is 0 Å². The summed E-state index contributed by atoms with van der Waals surface area (Å²) in [4.78, 5) is 19.0. The zero-order chi connectivity index (χ0) is 21.0. The average Bonchev–Trinajstić information content (AvgIpc) is 3.27. The van der Waals surface area contributed by atoms with E-state index in [0.29, 0.717) is 28.7 Å². The highest BCUT2D eigenvalue weighted by Gasteiger charge is 2.38. The predicted octanol–water partition coefficient (Wildman–Crippen LogP) is 4.74. The topological polar surface area (TPSA) is 50.5 Å². The number of hydrogen-bond donors (Lipinski definition) is 0. The number of carbonyl (C=O) groups excluding carboxylic acids is 1. The molecule has 30 heavy (non-hydrogen) atoms. The Morgan fingerprint density at radius 2 is 1.90 bits per heavy atom. The summed E-state index contributed by atoms with van der Waals surface area (Å²) in [7, 11) is 0. The number of benzene rings is 1. The van der Waals surface area contributed by atoms with Crippen LogP contribution in [0.5, 0.6) is 0 Å². The van der Waals surface area contributed by atoms with Crippen molar-refractivity contribution in [2.24, 2.45) is 0 Å². The first-order valence-corrected chi connectivity index (χ1v) is 9.85. The van der Waals surface area contributed by atoms with Crippen LogP contribution >= 0.6 is 0 Å². The molecule has 1 aliphatic heterocycles. The minimum Gasteiger partial charge on any atom is -0.330 e. The zero-order valence-electron chi connectivity index (χ0n) is 15.9. The lowest BCUT2D eigenvalue weighted by Gasteiger charge is -2.24. The largest absolute Gasteiger partial charge is 0.433 e. The van der Waals surface area contributed by atoms with Crippen LogP contribution in [0.2, 0.25) is 0 Å². The molecule has 1 aromatic carbocycles. The van der Waals surface area contributed by atoms with Crippen LogP contribution in [-0.4, -0.2) is 31.9 Å². The van der Waals surface area contributed by atoms with Crippen LogP contribution in [0.15, 0.2) is 36.4 Å². The minimum absolute atomic E-state index is 0.0107. The highest BCUT2D eigenvalue weighted by molar-refractivity contribution is 5.93. The van der Waals surface area contributed by atoms with Crippen molar-refractivity contribution in [2.45, 2.75) is 43.8 Å². The van der Waals surface area contributed by atoms with Gasteiger partial charge < -0.3 is 4.90 Å². The van der Waals surface area contributed by atoms with E-state index in [2.05, 4.69) is 10.1 Å². The van der Waals surface area contributed by atoms with Crippen molar-refractivity contribution in [1.82, 2.24) is 19.5 Å². The van der Waals surface area contributed by atoms with Crippen molar-refractivity contribution in [1.29, 1.82) is 0 Å². The molecule has 3 heterocycles. The Morgan fingerprint density at radius 1 is 1.10 bits per heavy atom. The van der Waals surface area contributed by atoms with Crippen LogP contribution < -0.4 is 0 Å². The van der Waals surface area contributed by atoms with Gasteiger partial charge in [0.15, 0.2) is 11.3 Å². The van der Waals surface area contributed by atoms with E-state index in [4.69, 9.17) is 0 Å². The van der Waals surface area contributed by atoms with Crippen molar-refractivity contribution >= 4 is 11.6 Å². The first kappa shape index (κ1) is 19.0. The Hall–Kier alpha value is -2.97. The lowest BCUT2D eigenvalue weighted by molar-refractivity contribution is -0.142. The van der Waals surface area contributed by atoms with Crippen molar-refractivity contribution in [3.05, 3.63) is 64.9 Å². The molecule has 156 valence electrons. The SMILES string of the molecule is O=C(c1cc2nc(C3CC3)cc(C(F)(F)F)n2n1)N1CCCC1c1cccc(F)c1. The number of hydrogen-bond acceptors (Lipinski definition) is 3. The maximum Gasteiger partial charge on any atom is 0.433 e. The Bertz CT molecular complexity index is 1140. The number of halogens is 4. The molecule has 5 rings (SSSR count). The second-order valence-electron chi connectivity index (χ2n) is 7.85. The van der Waals surface area contributed by atoms with Crippen LogP contribution in [-0.2, 0) is 6.18 Å². The summed E-state index contributed by atoms with van der Waals surface area (Å²) in [5.74, 6) is -0.847. The zero-order valence-corrected chi connectivity index (χ0v) is 15.9. The first-order chi connectivity index (χ1) is 14.3. The molecule has 2 aliphatic rings. The summed E-state index contributed by atoms with van der Waals surface area (Å²) in [5.41, 5.74) is 0.0275. The summed E-state index contributed by atoms with van der Waals surface area (Å²) in [6.07, 6.45) is -1.62. The van der Waals surface area contributed by atoms with E-state index in [0.717, 1.165) is 25.3 Å². The van der Waals surface area contributed by atoms with Crippen molar-refractivity contribution in [3.63, 3.8) is 0 Å². The second kappa shape index (κ2) is 6.78. The fourth-order valence-corrected chi connectivity index (χ4v) is 4.11. The molecule has 1 unspecified atom stereocenters. The predicted molar refractivity (Wildman–Crippen MR) is 99.4 cm³/mol. The number of carbonyl (C=O) groups is 1. The molecule has 1 atom stereocenters. The number of alkyl halides is 3. The van der Waals surface area contributed by atoms with Crippen LogP contribution in [0, 0.1) is 5.82 Å². The molecule has 0 bridgehead atoms. The van der Waals surface area contributed by atoms with Crippen molar-refractivity contribution < 1.29 is 22.4 Å². The fourth-order valence-electron chi connectivity index (χ4n) is 4.11. The normalized spacial score (nSPS) is 19.6. The lowest BCUT2D eigenvalue weighted by Crippen LogP contribution is -2.31. The highest BCUT2D eigenvalue weighted by Crippen LogP contribution is 2.41. The van der Waals surface area contributed by atoms with Crippen LogP contribution in [0.1, 0.15) is 65.1 Å². The molecule has 5 nitrogen and oxygen atoms in total. The Morgan fingerprint density at radius 3 is 2.60 bits per heavy atom. The Balaban J connectivity index is 1.53. The number of amides is 1. The van der Waals surface area contributed by atoms with Crippen LogP contribution in [0.3, 0.4) is 0 Å². The molecule has 2 aromatic heterocycles. The van der Waals surface area contributed by atoms with Gasteiger partial charge in [-0.3, -0.25) is 4.79 Å². The molecule has 1 saturated heterocycles. The van der Waals surface area contributed by atoms with E-state index in [-0.39, 0.29) is 23.3 Å². The monoisotopic (exact) mass is 418 g/mol. The van der Waals surface area contributed by atoms with Crippen LogP contribution in [0.25, 0.3) is 5.65 Å². The molecule has 1 amide bonds. The Kier molecular flexibility index (Phi) is 4.30. The Labute approximate surface area is 169 Å². The molecule has 1 saturated carbocycles. The smallest absolute Gasteiger partial charge is 0.330 e. The molecule has 9 heteroatoms. The highest BCUT2D eigenvalue weighted by atomic mass is 19.4. The van der Waals surface area contributed by atoms with E-state index in [1.54, 1.807) is 17.0 Å². The van der Waals surface area contributed by atoms with E-state index in [9.17, 15) is 22.4 Å². The van der Waals surface area contributed by atoms with E-state index >= 15 is 0 Å². The fraction of sp³-hybridized carbons (Fsp3) is 0.381. The summed E-state index contributed by atoms with van der Waals surface area (Å²) in [6.45, 7) is 0.431. The van der Waals surface area contributed by atoms with Crippen molar-refractivity contribution in [2.75, 3.05) is 6.54 Å². The quantitative estimate of drug-likeness (QED) is 0.578. The van der Waals surface area contributed by atoms with Gasteiger partial charge in [-0.2, -0.15) is 18.3 Å². The van der Waals surface area contributed by atoms with E-state index in [1.807, 2.05) is 0 Å². The summed E-state index contributed by atoms with van der Waals surface area (Å²) < 4.78 is 55.1. The van der Waals surface area contributed by atoms with Crippen LogP contribution in [0.4, 0.5) is 17.6 Å². The van der Waals surface area contributed by atoms with E-state index in [1.165, 1.54) is 18.2 Å². The molecule has 2 fully saturated rings. The summed E-state index contributed by atoms with van der Waals surface area (Å²) in [6, 6.07) is 8.03. The standard InChI is InChI=1S/C21H18F4N4O/c22-14-4-1-3-13(9-14)17-5-2-8-28(17)20(30)16-11-19-26-15(12-6-7-12)10-18(21(23,24)25)29(19)27-16/h1,3-4,9-12,17H,2,5-8H2. The second-order valence-corrected chi connectivity index (χ2v) is 7.85. The van der Waals surface area contributed by atoms with Gasteiger partial charge in [0.05, 0.1) is 6.04 Å². The molecular weight excluding hydrogens is 400 g/mol. The van der Waals surface area contributed by atoms with E-state index < -0.39 is 23.6 Å².